The van der Waals surface area contributed by atoms with Crippen LogP contribution in [0.3, 0.4) is 0 Å². The molecule has 1 atom stereocenters. The van der Waals surface area contributed by atoms with Crippen molar-refractivity contribution in [1.82, 2.24) is 5.32 Å². The van der Waals surface area contributed by atoms with Gasteiger partial charge in [0.2, 0.25) is 0 Å². The monoisotopic (exact) mass is 233 g/mol. The van der Waals surface area contributed by atoms with E-state index in [1.54, 1.807) is 6.08 Å². The zero-order valence-electron chi connectivity index (χ0n) is 9.64. The molecule has 0 aliphatic rings. The molecule has 0 saturated heterocycles. The molecule has 1 aromatic carbocycles. The Balaban J connectivity index is 2.69. The molecule has 0 fully saturated rings. The largest absolute Gasteiger partial charge is 0.478 e. The summed E-state index contributed by atoms with van der Waals surface area (Å²) in [5.41, 5.74) is 0.617. The average Bonchev–Trinajstić information content (AvgIpc) is 2.29. The van der Waals surface area contributed by atoms with Crippen molar-refractivity contribution < 1.29 is 14.7 Å². The van der Waals surface area contributed by atoms with Crippen LogP contribution in [-0.4, -0.2) is 23.0 Å². The molecular weight excluding hydrogens is 218 g/mol. The summed E-state index contributed by atoms with van der Waals surface area (Å²) in [6.07, 6.45) is 2.43. The van der Waals surface area contributed by atoms with Crippen LogP contribution in [0.2, 0.25) is 0 Å². The minimum atomic E-state index is -1.00. The van der Waals surface area contributed by atoms with E-state index in [0.717, 1.165) is 0 Å². The molecule has 0 aliphatic carbocycles. The van der Waals surface area contributed by atoms with E-state index in [2.05, 4.69) is 11.9 Å². The Morgan fingerprint density at radius 2 is 1.88 bits per heavy atom. The number of amides is 1. The third-order valence-electron chi connectivity index (χ3n) is 2.29. The number of aromatic carboxylic acids is 1. The molecule has 0 bridgehead atoms. The van der Waals surface area contributed by atoms with Crippen LogP contribution in [-0.2, 0) is 0 Å². The second kappa shape index (κ2) is 5.84. The van der Waals surface area contributed by atoms with Crippen molar-refractivity contribution in [2.45, 2.75) is 19.4 Å². The minimum absolute atomic E-state index is 0.0131. The fourth-order valence-corrected chi connectivity index (χ4v) is 1.38. The van der Waals surface area contributed by atoms with E-state index in [0.29, 0.717) is 12.0 Å². The van der Waals surface area contributed by atoms with Gasteiger partial charge in [0.25, 0.3) is 5.91 Å². The molecule has 4 heteroatoms. The number of nitrogens with one attached hydrogen (secondary N) is 1. The summed E-state index contributed by atoms with van der Waals surface area (Å²) in [7, 11) is 0. The quantitative estimate of drug-likeness (QED) is 0.765. The standard InChI is InChI=1S/C13H15NO3/c1-3-4-9(2)14-12(15)10-5-7-11(8-6-10)13(16)17/h3,5-9H,1,4H2,2H3,(H,14,15)(H,16,17). The van der Waals surface area contributed by atoms with Crippen molar-refractivity contribution in [2.75, 3.05) is 0 Å². The number of hydrogen-bond acceptors (Lipinski definition) is 2. The predicted molar refractivity (Wildman–Crippen MR) is 65.1 cm³/mol. The number of benzene rings is 1. The van der Waals surface area contributed by atoms with Crippen molar-refractivity contribution >= 4 is 11.9 Å². The molecule has 2 N–H and O–H groups in total. The van der Waals surface area contributed by atoms with E-state index in [1.165, 1.54) is 24.3 Å². The summed E-state index contributed by atoms with van der Waals surface area (Å²) < 4.78 is 0. The molecule has 1 aromatic rings. The van der Waals surface area contributed by atoms with E-state index in [1.807, 2.05) is 6.92 Å². The van der Waals surface area contributed by atoms with Crippen molar-refractivity contribution in [3.05, 3.63) is 48.0 Å². The van der Waals surface area contributed by atoms with Gasteiger partial charge in [-0.25, -0.2) is 4.79 Å². The lowest BCUT2D eigenvalue weighted by Crippen LogP contribution is -2.32. The van der Waals surface area contributed by atoms with Gasteiger partial charge in [0.15, 0.2) is 0 Å². The number of carboxylic acids is 1. The van der Waals surface area contributed by atoms with Crippen LogP contribution in [0, 0.1) is 0 Å². The van der Waals surface area contributed by atoms with Gasteiger partial charge in [0.1, 0.15) is 0 Å². The smallest absolute Gasteiger partial charge is 0.335 e. The van der Waals surface area contributed by atoms with E-state index >= 15 is 0 Å². The zero-order chi connectivity index (χ0) is 12.8. The van der Waals surface area contributed by atoms with Crippen LogP contribution in [0.5, 0.6) is 0 Å². The maximum atomic E-state index is 11.7. The number of carboxylic acid groups (broad SMARTS) is 1. The Bertz CT molecular complexity index is 423. The SMILES string of the molecule is C=CCC(C)NC(=O)c1ccc(C(=O)O)cc1. The summed E-state index contributed by atoms with van der Waals surface area (Å²) in [5.74, 6) is -1.21. The maximum absolute atomic E-state index is 11.7. The zero-order valence-corrected chi connectivity index (χ0v) is 9.64. The molecule has 4 nitrogen and oxygen atoms in total. The highest BCUT2D eigenvalue weighted by Crippen LogP contribution is 2.05. The van der Waals surface area contributed by atoms with Crippen LogP contribution in [0.15, 0.2) is 36.9 Å². The molecule has 0 spiro atoms. The lowest BCUT2D eigenvalue weighted by molar-refractivity contribution is 0.0696. The van der Waals surface area contributed by atoms with Gasteiger partial charge in [-0.2, -0.15) is 0 Å². The van der Waals surface area contributed by atoms with Crippen molar-refractivity contribution in [3.8, 4) is 0 Å². The summed E-state index contributed by atoms with van der Waals surface area (Å²) in [6.45, 7) is 5.48. The fraction of sp³-hybridized carbons (Fsp3) is 0.231. The Morgan fingerprint density at radius 1 is 1.35 bits per heavy atom. The maximum Gasteiger partial charge on any atom is 0.335 e. The molecule has 0 heterocycles. The first-order valence-corrected chi connectivity index (χ1v) is 5.29. The summed E-state index contributed by atoms with van der Waals surface area (Å²) in [5, 5.41) is 11.5. The molecule has 0 aromatic heterocycles. The van der Waals surface area contributed by atoms with Crippen LogP contribution < -0.4 is 5.32 Å². The first kappa shape index (κ1) is 13.0. The summed E-state index contributed by atoms with van der Waals surface area (Å²) >= 11 is 0. The van der Waals surface area contributed by atoms with Gasteiger partial charge in [-0.3, -0.25) is 4.79 Å². The molecule has 1 rings (SSSR count). The predicted octanol–water partition coefficient (Wildman–Crippen LogP) is 2.08. The van der Waals surface area contributed by atoms with Crippen molar-refractivity contribution in [2.24, 2.45) is 0 Å². The van der Waals surface area contributed by atoms with Crippen molar-refractivity contribution in [3.63, 3.8) is 0 Å². The molecule has 1 unspecified atom stereocenters. The van der Waals surface area contributed by atoms with Gasteiger partial charge in [-0.05, 0) is 37.6 Å². The molecule has 1 amide bonds. The highest BCUT2D eigenvalue weighted by atomic mass is 16.4. The molecule has 0 aliphatic heterocycles. The molecular formula is C13H15NO3. The van der Waals surface area contributed by atoms with Gasteiger partial charge in [0, 0.05) is 11.6 Å². The van der Waals surface area contributed by atoms with Crippen LogP contribution in [0.25, 0.3) is 0 Å². The van der Waals surface area contributed by atoms with E-state index in [4.69, 9.17) is 5.11 Å². The molecule has 17 heavy (non-hydrogen) atoms. The van der Waals surface area contributed by atoms with Crippen LogP contribution in [0.1, 0.15) is 34.1 Å². The van der Waals surface area contributed by atoms with Crippen molar-refractivity contribution in [1.29, 1.82) is 0 Å². The third kappa shape index (κ3) is 3.75. The number of rotatable bonds is 5. The lowest BCUT2D eigenvalue weighted by Gasteiger charge is -2.11. The average molecular weight is 233 g/mol. The number of hydrogen-bond donors (Lipinski definition) is 2. The van der Waals surface area contributed by atoms with E-state index < -0.39 is 5.97 Å². The minimum Gasteiger partial charge on any atom is -0.478 e. The van der Waals surface area contributed by atoms with E-state index in [-0.39, 0.29) is 17.5 Å². The molecule has 90 valence electrons. The second-order valence-electron chi connectivity index (χ2n) is 3.78. The first-order chi connectivity index (χ1) is 8.04. The normalized spacial score (nSPS) is 11.6. The van der Waals surface area contributed by atoms with Gasteiger partial charge in [-0.15, -0.1) is 6.58 Å². The molecule has 0 radical (unpaired) electrons. The summed E-state index contributed by atoms with van der Waals surface area (Å²) in [4.78, 5) is 22.4. The first-order valence-electron chi connectivity index (χ1n) is 5.29. The van der Waals surface area contributed by atoms with Crippen LogP contribution >= 0.6 is 0 Å². The highest BCUT2D eigenvalue weighted by molar-refractivity contribution is 5.96. The fourth-order valence-electron chi connectivity index (χ4n) is 1.38. The second-order valence-corrected chi connectivity index (χ2v) is 3.78. The van der Waals surface area contributed by atoms with Gasteiger partial charge < -0.3 is 10.4 Å². The van der Waals surface area contributed by atoms with Gasteiger partial charge in [0.05, 0.1) is 5.56 Å². The Morgan fingerprint density at radius 3 is 2.35 bits per heavy atom. The Kier molecular flexibility index (Phi) is 4.46. The number of carbonyl (C=O) groups is 2. The van der Waals surface area contributed by atoms with E-state index in [9.17, 15) is 9.59 Å². The highest BCUT2D eigenvalue weighted by Gasteiger charge is 2.09. The molecule has 0 saturated carbocycles. The van der Waals surface area contributed by atoms with Gasteiger partial charge >= 0.3 is 5.97 Å². The third-order valence-corrected chi connectivity index (χ3v) is 2.29. The lowest BCUT2D eigenvalue weighted by atomic mass is 10.1. The van der Waals surface area contributed by atoms with Gasteiger partial charge in [-0.1, -0.05) is 6.08 Å². The Hall–Kier alpha value is -2.10. The summed E-state index contributed by atoms with van der Waals surface area (Å²) in [6, 6.07) is 5.84. The Labute approximate surface area is 100.0 Å². The topological polar surface area (TPSA) is 66.4 Å². The number of carbonyl (C=O) groups excluding carboxylic acids is 1. The van der Waals surface area contributed by atoms with Crippen LogP contribution in [0.4, 0.5) is 0 Å².